The van der Waals surface area contributed by atoms with Gasteiger partial charge in [-0.05, 0) is 44.5 Å². The average Bonchev–Trinajstić information content (AvgIpc) is 2.49. The lowest BCUT2D eigenvalue weighted by Gasteiger charge is -2.35. The van der Waals surface area contributed by atoms with Crippen molar-refractivity contribution in [2.75, 3.05) is 25.5 Å². The minimum absolute atomic E-state index is 0.00941. The molecular formula is C15H21FN2O2. The van der Waals surface area contributed by atoms with Gasteiger partial charge in [0.15, 0.2) is 11.6 Å². The maximum Gasteiger partial charge on any atom is 0.230 e. The quantitative estimate of drug-likeness (QED) is 0.891. The van der Waals surface area contributed by atoms with Crippen LogP contribution in [0.3, 0.4) is 0 Å². The maximum absolute atomic E-state index is 13.4. The highest BCUT2D eigenvalue weighted by molar-refractivity contribution is 5.95. The number of piperidine rings is 1. The Balaban J connectivity index is 2.14. The predicted molar refractivity (Wildman–Crippen MR) is 76.4 cm³/mol. The molecule has 5 heteroatoms. The van der Waals surface area contributed by atoms with Crippen LogP contribution in [0.25, 0.3) is 0 Å². The average molecular weight is 280 g/mol. The Kier molecular flexibility index (Phi) is 4.60. The fraction of sp³-hybridized carbons (Fsp3) is 0.533. The molecule has 0 spiro atoms. The molecule has 1 aromatic carbocycles. The van der Waals surface area contributed by atoms with Crippen LogP contribution in [-0.4, -0.2) is 26.1 Å². The third-order valence-electron chi connectivity index (χ3n) is 4.13. The van der Waals surface area contributed by atoms with Crippen molar-refractivity contribution in [1.29, 1.82) is 0 Å². The smallest absolute Gasteiger partial charge is 0.230 e. The number of rotatable bonds is 4. The van der Waals surface area contributed by atoms with Gasteiger partial charge in [0, 0.05) is 11.8 Å². The number of nitrogens with one attached hydrogen (secondary N) is 2. The van der Waals surface area contributed by atoms with Crippen molar-refractivity contribution in [3.8, 4) is 5.75 Å². The second-order valence-electron chi connectivity index (χ2n) is 5.19. The number of carbonyl (C=O) groups is 1. The van der Waals surface area contributed by atoms with Crippen molar-refractivity contribution in [2.24, 2.45) is 5.41 Å². The van der Waals surface area contributed by atoms with E-state index in [0.717, 1.165) is 32.4 Å². The third-order valence-corrected chi connectivity index (χ3v) is 4.13. The van der Waals surface area contributed by atoms with Crippen LogP contribution < -0.4 is 15.4 Å². The van der Waals surface area contributed by atoms with E-state index in [1.54, 1.807) is 6.07 Å². The minimum atomic E-state index is -0.433. The van der Waals surface area contributed by atoms with Crippen LogP contribution in [0.2, 0.25) is 0 Å². The summed E-state index contributed by atoms with van der Waals surface area (Å²) in [5.41, 5.74) is 0.243. The molecule has 2 rings (SSSR count). The van der Waals surface area contributed by atoms with Crippen LogP contribution in [-0.2, 0) is 4.79 Å². The third kappa shape index (κ3) is 2.93. The zero-order valence-electron chi connectivity index (χ0n) is 12.0. The SMILES string of the molecule is CCC1(C(=O)Nc2ccc(F)c(OC)c2)CCNCC1. The molecule has 0 radical (unpaired) electrons. The molecule has 0 aliphatic carbocycles. The summed E-state index contributed by atoms with van der Waals surface area (Å²) in [7, 11) is 1.41. The highest BCUT2D eigenvalue weighted by Crippen LogP contribution is 2.34. The van der Waals surface area contributed by atoms with Crippen LogP contribution in [0.4, 0.5) is 10.1 Å². The molecule has 20 heavy (non-hydrogen) atoms. The van der Waals surface area contributed by atoms with Gasteiger partial charge in [-0.3, -0.25) is 4.79 Å². The largest absolute Gasteiger partial charge is 0.494 e. The van der Waals surface area contributed by atoms with Crippen molar-refractivity contribution in [3.63, 3.8) is 0 Å². The summed E-state index contributed by atoms with van der Waals surface area (Å²) < 4.78 is 18.3. The first-order valence-corrected chi connectivity index (χ1v) is 6.97. The van der Waals surface area contributed by atoms with E-state index in [1.807, 2.05) is 6.92 Å². The topological polar surface area (TPSA) is 50.4 Å². The van der Waals surface area contributed by atoms with Gasteiger partial charge in [-0.1, -0.05) is 6.92 Å². The number of methoxy groups -OCH3 is 1. The fourth-order valence-electron chi connectivity index (χ4n) is 2.65. The molecule has 0 bridgehead atoms. The molecule has 4 nitrogen and oxygen atoms in total. The van der Waals surface area contributed by atoms with Crippen LogP contribution in [0.5, 0.6) is 5.75 Å². The number of carbonyl (C=O) groups excluding carboxylic acids is 1. The van der Waals surface area contributed by atoms with E-state index in [2.05, 4.69) is 10.6 Å². The molecule has 1 aromatic rings. The van der Waals surface area contributed by atoms with Crippen LogP contribution in [0.1, 0.15) is 26.2 Å². The number of ether oxygens (including phenoxy) is 1. The number of hydrogen-bond acceptors (Lipinski definition) is 3. The molecule has 1 saturated heterocycles. The minimum Gasteiger partial charge on any atom is -0.494 e. The van der Waals surface area contributed by atoms with Gasteiger partial charge >= 0.3 is 0 Å². The monoisotopic (exact) mass is 280 g/mol. The number of amides is 1. The van der Waals surface area contributed by atoms with Gasteiger partial charge in [0.2, 0.25) is 5.91 Å². The molecule has 1 fully saturated rings. The molecule has 0 atom stereocenters. The van der Waals surface area contributed by atoms with E-state index in [0.29, 0.717) is 5.69 Å². The molecule has 1 aliphatic rings. The van der Waals surface area contributed by atoms with E-state index in [-0.39, 0.29) is 17.1 Å². The number of benzene rings is 1. The first kappa shape index (κ1) is 14.8. The second-order valence-corrected chi connectivity index (χ2v) is 5.19. The maximum atomic E-state index is 13.4. The zero-order valence-corrected chi connectivity index (χ0v) is 12.0. The van der Waals surface area contributed by atoms with Crippen molar-refractivity contribution in [2.45, 2.75) is 26.2 Å². The molecular weight excluding hydrogens is 259 g/mol. The van der Waals surface area contributed by atoms with Crippen molar-refractivity contribution in [3.05, 3.63) is 24.0 Å². The molecule has 2 N–H and O–H groups in total. The summed E-state index contributed by atoms with van der Waals surface area (Å²) in [6.45, 7) is 3.75. The number of halogens is 1. The highest BCUT2D eigenvalue weighted by Gasteiger charge is 2.37. The Morgan fingerprint density at radius 3 is 2.75 bits per heavy atom. The Labute approximate surface area is 118 Å². The number of hydrogen-bond donors (Lipinski definition) is 2. The molecule has 0 unspecified atom stereocenters. The Morgan fingerprint density at radius 2 is 2.15 bits per heavy atom. The fourth-order valence-corrected chi connectivity index (χ4v) is 2.65. The van der Waals surface area contributed by atoms with Crippen LogP contribution in [0.15, 0.2) is 18.2 Å². The lowest BCUT2D eigenvalue weighted by molar-refractivity contribution is -0.127. The molecule has 1 heterocycles. The van der Waals surface area contributed by atoms with Crippen molar-refractivity contribution in [1.82, 2.24) is 5.32 Å². The normalized spacial score (nSPS) is 17.6. The number of anilines is 1. The summed E-state index contributed by atoms with van der Waals surface area (Å²) in [6.07, 6.45) is 2.46. The van der Waals surface area contributed by atoms with E-state index >= 15 is 0 Å². The Bertz CT molecular complexity index is 485. The lowest BCUT2D eigenvalue weighted by Crippen LogP contribution is -2.44. The molecule has 1 aliphatic heterocycles. The summed E-state index contributed by atoms with van der Waals surface area (Å²) in [6, 6.07) is 4.37. The highest BCUT2D eigenvalue weighted by atomic mass is 19.1. The molecule has 110 valence electrons. The van der Waals surface area contributed by atoms with Crippen LogP contribution >= 0.6 is 0 Å². The lowest BCUT2D eigenvalue weighted by atomic mass is 9.76. The first-order chi connectivity index (χ1) is 9.61. The summed E-state index contributed by atoms with van der Waals surface area (Å²) >= 11 is 0. The van der Waals surface area contributed by atoms with Gasteiger partial charge in [0.1, 0.15) is 0 Å². The van der Waals surface area contributed by atoms with Gasteiger partial charge in [-0.2, -0.15) is 0 Å². The Morgan fingerprint density at radius 1 is 1.45 bits per heavy atom. The van der Waals surface area contributed by atoms with Crippen LogP contribution in [0, 0.1) is 11.2 Å². The van der Waals surface area contributed by atoms with Crippen molar-refractivity contribution < 1.29 is 13.9 Å². The van der Waals surface area contributed by atoms with E-state index in [1.165, 1.54) is 19.2 Å². The summed E-state index contributed by atoms with van der Waals surface area (Å²) in [4.78, 5) is 12.5. The van der Waals surface area contributed by atoms with Gasteiger partial charge in [-0.15, -0.1) is 0 Å². The van der Waals surface area contributed by atoms with Crippen molar-refractivity contribution >= 4 is 11.6 Å². The van der Waals surface area contributed by atoms with Gasteiger partial charge < -0.3 is 15.4 Å². The molecule has 1 amide bonds. The second kappa shape index (κ2) is 6.22. The van der Waals surface area contributed by atoms with Gasteiger partial charge in [-0.25, -0.2) is 4.39 Å². The summed E-state index contributed by atoms with van der Waals surface area (Å²) in [5, 5.41) is 6.16. The molecule has 0 aromatic heterocycles. The first-order valence-electron chi connectivity index (χ1n) is 6.97. The summed E-state index contributed by atoms with van der Waals surface area (Å²) in [5.74, 6) is -0.286. The molecule has 0 saturated carbocycles. The Hall–Kier alpha value is -1.62. The van der Waals surface area contributed by atoms with Gasteiger partial charge in [0.05, 0.1) is 12.5 Å². The standard InChI is InChI=1S/C15H21FN2O2/c1-3-15(6-8-17-9-7-15)14(19)18-11-4-5-12(16)13(10-11)20-2/h4-5,10,17H,3,6-9H2,1-2H3,(H,18,19). The zero-order chi connectivity index (χ0) is 14.6. The predicted octanol–water partition coefficient (Wildman–Crippen LogP) is 2.55. The van der Waals surface area contributed by atoms with E-state index < -0.39 is 5.82 Å². The van der Waals surface area contributed by atoms with E-state index in [4.69, 9.17) is 4.74 Å². The van der Waals surface area contributed by atoms with E-state index in [9.17, 15) is 9.18 Å². The van der Waals surface area contributed by atoms with Gasteiger partial charge in [0.25, 0.3) is 0 Å².